The molecule has 0 aromatic heterocycles. The predicted molar refractivity (Wildman–Crippen MR) is 109 cm³/mol. The van der Waals surface area contributed by atoms with Gasteiger partial charge in [-0.15, -0.1) is 0 Å². The Balaban J connectivity index is 1.73. The highest BCUT2D eigenvalue weighted by Gasteiger charge is 2.37. The molecule has 0 spiro atoms. The van der Waals surface area contributed by atoms with Crippen molar-refractivity contribution in [1.82, 2.24) is 21.3 Å². The van der Waals surface area contributed by atoms with Gasteiger partial charge in [0.2, 0.25) is 17.6 Å². The van der Waals surface area contributed by atoms with Gasteiger partial charge in [-0.1, -0.05) is 30.3 Å². The Bertz CT molecular complexity index is 855. The summed E-state index contributed by atoms with van der Waals surface area (Å²) in [5, 5.41) is 19.1. The summed E-state index contributed by atoms with van der Waals surface area (Å²) in [6.07, 6.45) is 0.729. The van der Waals surface area contributed by atoms with Gasteiger partial charge in [-0.3, -0.25) is 19.2 Å². The summed E-state index contributed by atoms with van der Waals surface area (Å²) < 4.78 is 0. The molecule has 1 aromatic rings. The van der Waals surface area contributed by atoms with Crippen LogP contribution >= 0.6 is 0 Å². The van der Waals surface area contributed by atoms with Crippen LogP contribution in [0.5, 0.6) is 0 Å². The quantitative estimate of drug-likeness (QED) is 0.322. The van der Waals surface area contributed by atoms with E-state index in [0.29, 0.717) is 13.0 Å². The highest BCUT2D eigenvalue weighted by atomic mass is 16.4. The summed E-state index contributed by atoms with van der Waals surface area (Å²) in [7, 11) is 0. The van der Waals surface area contributed by atoms with Crippen molar-refractivity contribution in [2.45, 2.75) is 50.2 Å². The molecule has 2 aliphatic rings. The van der Waals surface area contributed by atoms with Crippen molar-refractivity contribution in [3.8, 4) is 0 Å². The smallest absolute Gasteiger partial charge is 0.405 e. The third-order valence-corrected chi connectivity index (χ3v) is 5.35. The second-order valence-electron chi connectivity index (χ2n) is 7.88. The highest BCUT2D eigenvalue weighted by Crippen LogP contribution is 2.20. The van der Waals surface area contributed by atoms with E-state index in [0.717, 1.165) is 18.4 Å². The molecular weight excluding hydrogens is 404 g/mol. The molecule has 10 nitrogen and oxygen atoms in total. The Hall–Kier alpha value is -3.43. The minimum absolute atomic E-state index is 0.0282. The van der Waals surface area contributed by atoms with E-state index in [1.165, 1.54) is 0 Å². The van der Waals surface area contributed by atoms with Crippen LogP contribution in [0.3, 0.4) is 0 Å². The van der Waals surface area contributed by atoms with E-state index in [-0.39, 0.29) is 24.8 Å². The van der Waals surface area contributed by atoms with E-state index in [2.05, 4.69) is 21.3 Å². The molecule has 0 radical (unpaired) electrons. The summed E-state index contributed by atoms with van der Waals surface area (Å²) in [5.41, 5.74) is 0.723. The maximum Gasteiger partial charge on any atom is 0.405 e. The van der Waals surface area contributed by atoms with Gasteiger partial charge >= 0.3 is 6.09 Å². The molecule has 1 aliphatic heterocycles. The molecule has 10 heteroatoms. The summed E-state index contributed by atoms with van der Waals surface area (Å²) in [5.74, 6) is -3.13. The van der Waals surface area contributed by atoms with Gasteiger partial charge in [-0.2, -0.15) is 0 Å². The van der Waals surface area contributed by atoms with E-state index in [9.17, 15) is 24.0 Å². The third kappa shape index (κ3) is 6.53. The number of carbonyl (C=O) groups is 5. The number of amides is 4. The van der Waals surface area contributed by atoms with Crippen LogP contribution in [-0.4, -0.2) is 59.4 Å². The Morgan fingerprint density at radius 2 is 1.74 bits per heavy atom. The van der Waals surface area contributed by atoms with E-state index in [1.807, 2.05) is 0 Å². The lowest BCUT2D eigenvalue weighted by Crippen LogP contribution is -2.55. The molecule has 0 bridgehead atoms. The van der Waals surface area contributed by atoms with Crippen LogP contribution in [0.2, 0.25) is 0 Å². The van der Waals surface area contributed by atoms with Crippen LogP contribution in [0.25, 0.3) is 0 Å². The molecule has 1 heterocycles. The van der Waals surface area contributed by atoms with Crippen LogP contribution in [-0.2, 0) is 25.6 Å². The molecule has 3 rings (SSSR count). The molecule has 31 heavy (non-hydrogen) atoms. The van der Waals surface area contributed by atoms with Crippen molar-refractivity contribution in [3.05, 3.63) is 35.9 Å². The number of hydrogen-bond acceptors (Lipinski definition) is 5. The number of Topliss-reactive ketones (excluding diaryl/α,β-unsaturated/α-hetero) is 1. The van der Waals surface area contributed by atoms with Crippen molar-refractivity contribution in [3.63, 3.8) is 0 Å². The van der Waals surface area contributed by atoms with E-state index < -0.39 is 41.7 Å². The average Bonchev–Trinajstić information content (AvgIpc) is 3.46. The van der Waals surface area contributed by atoms with Crippen LogP contribution in [0.4, 0.5) is 4.79 Å². The number of hydrogen-bond donors (Lipinski definition) is 5. The number of carboxylic acid groups (broad SMARTS) is 1. The standard InChI is InChI=1S/C21H26N4O6/c26-17(20(29)23-14-6-7-14)15(11-13-8-9-22-18(13)27)24-19(28)16(25-21(30)31)10-12-4-2-1-3-5-12/h1-5,13-16,25H,6-11H2,(H,22,27)(H,23,29)(H,24,28)(H,30,31)/t13-,15-,16-/m0/s1. The van der Waals surface area contributed by atoms with Gasteiger partial charge in [0.05, 0.1) is 6.04 Å². The maximum absolute atomic E-state index is 12.9. The zero-order valence-electron chi connectivity index (χ0n) is 16.9. The molecule has 1 aromatic carbocycles. The fourth-order valence-electron chi connectivity index (χ4n) is 3.51. The lowest BCUT2D eigenvalue weighted by molar-refractivity contribution is -0.141. The number of benzene rings is 1. The normalized spacial score (nSPS) is 19.6. The predicted octanol–water partition coefficient (Wildman–Crippen LogP) is -0.276. The number of rotatable bonds is 10. The molecule has 5 N–H and O–H groups in total. The van der Waals surface area contributed by atoms with Gasteiger partial charge in [0.15, 0.2) is 0 Å². The van der Waals surface area contributed by atoms with E-state index >= 15 is 0 Å². The molecule has 0 unspecified atom stereocenters. The van der Waals surface area contributed by atoms with Crippen LogP contribution in [0.1, 0.15) is 31.2 Å². The molecule has 1 saturated heterocycles. The minimum atomic E-state index is -1.39. The monoisotopic (exact) mass is 430 g/mol. The first-order chi connectivity index (χ1) is 14.8. The average molecular weight is 430 g/mol. The van der Waals surface area contributed by atoms with Crippen molar-refractivity contribution < 1.29 is 29.1 Å². The van der Waals surface area contributed by atoms with Gasteiger partial charge in [0.25, 0.3) is 5.91 Å². The lowest BCUT2D eigenvalue weighted by Gasteiger charge is -2.23. The summed E-state index contributed by atoms with van der Waals surface area (Å²) in [6.45, 7) is 0.462. The van der Waals surface area contributed by atoms with Crippen molar-refractivity contribution in [2.75, 3.05) is 6.54 Å². The molecule has 2 fully saturated rings. The molecular formula is C21H26N4O6. The first-order valence-electron chi connectivity index (χ1n) is 10.3. The fourth-order valence-corrected chi connectivity index (χ4v) is 3.51. The topological polar surface area (TPSA) is 154 Å². The SMILES string of the molecule is O=C(O)N[C@@H](Cc1ccccc1)C(=O)N[C@@H](C[C@@H]1CCNC1=O)C(=O)C(=O)NC1CC1. The van der Waals surface area contributed by atoms with Gasteiger partial charge in [0, 0.05) is 24.9 Å². The fraction of sp³-hybridized carbons (Fsp3) is 0.476. The molecule has 1 aliphatic carbocycles. The first kappa shape index (κ1) is 22.3. The number of nitrogens with one attached hydrogen (secondary N) is 4. The largest absolute Gasteiger partial charge is 0.465 e. The summed E-state index contributed by atoms with van der Waals surface area (Å²) >= 11 is 0. The Morgan fingerprint density at radius 3 is 2.32 bits per heavy atom. The maximum atomic E-state index is 12.9. The highest BCUT2D eigenvalue weighted by molar-refractivity contribution is 6.38. The third-order valence-electron chi connectivity index (χ3n) is 5.35. The molecule has 1 saturated carbocycles. The zero-order chi connectivity index (χ0) is 22.4. The van der Waals surface area contributed by atoms with E-state index in [4.69, 9.17) is 5.11 Å². The van der Waals surface area contributed by atoms with E-state index in [1.54, 1.807) is 30.3 Å². The second-order valence-corrected chi connectivity index (χ2v) is 7.88. The van der Waals surface area contributed by atoms with Gasteiger partial charge in [-0.05, 0) is 31.2 Å². The van der Waals surface area contributed by atoms with Gasteiger partial charge in [-0.25, -0.2) is 4.79 Å². The van der Waals surface area contributed by atoms with Crippen LogP contribution in [0.15, 0.2) is 30.3 Å². The van der Waals surface area contributed by atoms with Crippen molar-refractivity contribution in [2.24, 2.45) is 5.92 Å². The molecule has 166 valence electrons. The zero-order valence-corrected chi connectivity index (χ0v) is 16.9. The minimum Gasteiger partial charge on any atom is -0.465 e. The van der Waals surface area contributed by atoms with Gasteiger partial charge in [0.1, 0.15) is 6.04 Å². The Labute approximate surface area is 179 Å². The summed E-state index contributed by atoms with van der Waals surface area (Å²) in [6, 6.07) is 6.38. The van der Waals surface area contributed by atoms with Crippen molar-refractivity contribution >= 4 is 29.6 Å². The van der Waals surface area contributed by atoms with Crippen LogP contribution < -0.4 is 21.3 Å². The molecule has 3 atom stereocenters. The van der Waals surface area contributed by atoms with Crippen LogP contribution in [0, 0.1) is 5.92 Å². The second kappa shape index (κ2) is 10.1. The number of carbonyl (C=O) groups excluding carboxylic acids is 4. The summed E-state index contributed by atoms with van der Waals surface area (Å²) in [4.78, 5) is 61.1. The first-order valence-corrected chi connectivity index (χ1v) is 10.3. The lowest BCUT2D eigenvalue weighted by atomic mass is 9.94. The van der Waals surface area contributed by atoms with Crippen molar-refractivity contribution in [1.29, 1.82) is 0 Å². The number of ketones is 1. The Morgan fingerprint density at radius 1 is 1.03 bits per heavy atom. The van der Waals surface area contributed by atoms with Gasteiger partial charge < -0.3 is 26.4 Å². The molecule has 4 amide bonds. The Kier molecular flexibility index (Phi) is 7.22.